The van der Waals surface area contributed by atoms with Crippen LogP contribution in [-0.4, -0.2) is 49.2 Å². The second-order valence-corrected chi connectivity index (χ2v) is 5.53. The van der Waals surface area contributed by atoms with E-state index < -0.39 is 5.60 Å². The fraction of sp³-hybridized carbons (Fsp3) is 1.00. The first-order chi connectivity index (χ1) is 8.18. The Bertz CT molecular complexity index is 229. The fourth-order valence-electron chi connectivity index (χ4n) is 2.71. The summed E-state index contributed by atoms with van der Waals surface area (Å²) in [6.07, 6.45) is 5.65. The van der Waals surface area contributed by atoms with Crippen LogP contribution in [0.3, 0.4) is 0 Å². The Kier molecular flexibility index (Phi) is 4.79. The minimum atomic E-state index is -0.577. The highest BCUT2D eigenvalue weighted by Crippen LogP contribution is 2.28. The average molecular weight is 243 g/mol. The van der Waals surface area contributed by atoms with Gasteiger partial charge in [-0.05, 0) is 19.8 Å². The molecule has 2 atom stereocenters. The van der Waals surface area contributed by atoms with E-state index in [4.69, 9.17) is 9.47 Å². The minimum absolute atomic E-state index is 0.131. The molecule has 0 spiro atoms. The highest BCUT2D eigenvalue weighted by molar-refractivity contribution is 4.82. The third kappa shape index (κ3) is 4.21. The Labute approximate surface area is 104 Å². The normalized spacial score (nSPS) is 33.5. The molecule has 1 saturated heterocycles. The van der Waals surface area contributed by atoms with Crippen LogP contribution in [0, 0.1) is 0 Å². The fourth-order valence-corrected chi connectivity index (χ4v) is 2.71. The maximum Gasteiger partial charge on any atom is 0.0936 e. The quantitative estimate of drug-likeness (QED) is 0.775. The topological polar surface area (TPSA) is 50.7 Å². The molecule has 0 aromatic carbocycles. The Morgan fingerprint density at radius 1 is 1.29 bits per heavy atom. The Morgan fingerprint density at radius 2 is 2.06 bits per heavy atom. The van der Waals surface area contributed by atoms with Gasteiger partial charge in [0.2, 0.25) is 0 Å². The molecule has 1 aliphatic carbocycles. The van der Waals surface area contributed by atoms with Gasteiger partial charge in [-0.1, -0.05) is 19.3 Å². The molecule has 0 amide bonds. The first-order valence-electron chi connectivity index (χ1n) is 6.84. The predicted octanol–water partition coefficient (Wildman–Crippen LogP) is 1.08. The van der Waals surface area contributed by atoms with Crippen LogP contribution in [-0.2, 0) is 9.47 Å². The summed E-state index contributed by atoms with van der Waals surface area (Å²) in [4.78, 5) is 0. The Balaban J connectivity index is 1.64. The summed E-state index contributed by atoms with van der Waals surface area (Å²) in [6.45, 7) is 4.87. The van der Waals surface area contributed by atoms with Gasteiger partial charge in [-0.3, -0.25) is 0 Å². The van der Waals surface area contributed by atoms with Gasteiger partial charge in [0.15, 0.2) is 0 Å². The molecular formula is C13H25NO3. The Hall–Kier alpha value is -0.160. The second kappa shape index (κ2) is 6.14. The van der Waals surface area contributed by atoms with Crippen molar-refractivity contribution in [1.29, 1.82) is 0 Å². The lowest BCUT2D eigenvalue weighted by molar-refractivity contribution is -0.109. The van der Waals surface area contributed by atoms with Crippen molar-refractivity contribution in [2.75, 3.05) is 26.3 Å². The van der Waals surface area contributed by atoms with Crippen LogP contribution in [0.15, 0.2) is 0 Å². The monoisotopic (exact) mass is 243 g/mol. The van der Waals surface area contributed by atoms with E-state index in [1.54, 1.807) is 0 Å². The van der Waals surface area contributed by atoms with Crippen molar-refractivity contribution < 1.29 is 14.6 Å². The molecular weight excluding hydrogens is 218 g/mol. The van der Waals surface area contributed by atoms with Crippen molar-refractivity contribution in [1.82, 2.24) is 5.32 Å². The van der Waals surface area contributed by atoms with Gasteiger partial charge >= 0.3 is 0 Å². The van der Waals surface area contributed by atoms with E-state index in [1.807, 2.05) is 0 Å². The van der Waals surface area contributed by atoms with Crippen LogP contribution in [0.25, 0.3) is 0 Å². The van der Waals surface area contributed by atoms with Gasteiger partial charge in [-0.2, -0.15) is 0 Å². The van der Waals surface area contributed by atoms with E-state index in [2.05, 4.69) is 12.2 Å². The van der Waals surface area contributed by atoms with E-state index in [9.17, 15) is 5.11 Å². The van der Waals surface area contributed by atoms with Crippen molar-refractivity contribution in [3.8, 4) is 0 Å². The summed E-state index contributed by atoms with van der Waals surface area (Å²) >= 11 is 0. The summed E-state index contributed by atoms with van der Waals surface area (Å²) in [7, 11) is 0. The number of hydrogen-bond acceptors (Lipinski definition) is 4. The number of nitrogens with one attached hydrogen (secondary N) is 1. The van der Waals surface area contributed by atoms with Gasteiger partial charge in [-0.25, -0.2) is 0 Å². The molecule has 0 radical (unpaired) electrons. The molecule has 0 aromatic heterocycles. The van der Waals surface area contributed by atoms with E-state index in [0.29, 0.717) is 13.2 Å². The molecule has 2 N–H and O–H groups in total. The van der Waals surface area contributed by atoms with Crippen molar-refractivity contribution >= 4 is 0 Å². The number of hydrogen-bond donors (Lipinski definition) is 2. The molecule has 4 heteroatoms. The zero-order valence-electron chi connectivity index (χ0n) is 10.8. The van der Waals surface area contributed by atoms with Gasteiger partial charge in [-0.15, -0.1) is 0 Å². The summed E-state index contributed by atoms with van der Waals surface area (Å²) in [6, 6.07) is 0. The molecule has 1 saturated carbocycles. The third-order valence-corrected chi connectivity index (χ3v) is 3.69. The first-order valence-corrected chi connectivity index (χ1v) is 6.84. The zero-order chi connectivity index (χ0) is 12.1. The maximum atomic E-state index is 10.3. The van der Waals surface area contributed by atoms with E-state index in [1.165, 1.54) is 6.42 Å². The molecule has 1 aliphatic heterocycles. The summed E-state index contributed by atoms with van der Waals surface area (Å²) in [5.41, 5.74) is -0.577. The summed E-state index contributed by atoms with van der Waals surface area (Å²) < 4.78 is 11.4. The summed E-state index contributed by atoms with van der Waals surface area (Å²) in [5.74, 6) is 0. The minimum Gasteiger partial charge on any atom is -0.387 e. The van der Waals surface area contributed by atoms with Gasteiger partial charge in [0.05, 0.1) is 31.0 Å². The highest BCUT2D eigenvalue weighted by Gasteiger charge is 2.30. The molecule has 0 aromatic rings. The smallest absolute Gasteiger partial charge is 0.0936 e. The Morgan fingerprint density at radius 3 is 2.76 bits per heavy atom. The molecule has 2 rings (SSSR count). The number of morpholine rings is 1. The van der Waals surface area contributed by atoms with E-state index in [-0.39, 0.29) is 12.2 Å². The molecule has 2 aliphatic rings. The van der Waals surface area contributed by atoms with Crippen molar-refractivity contribution in [2.45, 2.75) is 56.8 Å². The number of aliphatic hydroxyl groups is 1. The predicted molar refractivity (Wildman–Crippen MR) is 66.1 cm³/mol. The lowest BCUT2D eigenvalue weighted by Gasteiger charge is -2.33. The van der Waals surface area contributed by atoms with Crippen LogP contribution < -0.4 is 5.32 Å². The van der Waals surface area contributed by atoms with Gasteiger partial charge < -0.3 is 19.9 Å². The van der Waals surface area contributed by atoms with Gasteiger partial charge in [0.25, 0.3) is 0 Å². The van der Waals surface area contributed by atoms with Gasteiger partial charge in [0.1, 0.15) is 0 Å². The molecule has 4 nitrogen and oxygen atoms in total. The van der Waals surface area contributed by atoms with Crippen LogP contribution in [0.2, 0.25) is 0 Å². The molecule has 0 bridgehead atoms. The van der Waals surface area contributed by atoms with Crippen molar-refractivity contribution in [2.24, 2.45) is 0 Å². The zero-order valence-corrected chi connectivity index (χ0v) is 10.8. The van der Waals surface area contributed by atoms with Crippen LogP contribution >= 0.6 is 0 Å². The lowest BCUT2D eigenvalue weighted by Crippen LogP contribution is -2.46. The molecule has 17 heavy (non-hydrogen) atoms. The SMILES string of the molecule is CC1CNCC(COCC2(O)CCCCC2)O1. The number of rotatable bonds is 4. The van der Waals surface area contributed by atoms with Gasteiger partial charge in [0, 0.05) is 13.1 Å². The summed E-state index contributed by atoms with van der Waals surface area (Å²) in [5, 5.41) is 13.6. The van der Waals surface area contributed by atoms with E-state index in [0.717, 1.165) is 38.8 Å². The molecule has 2 unspecified atom stereocenters. The number of ether oxygens (including phenoxy) is 2. The maximum absolute atomic E-state index is 10.3. The molecule has 1 heterocycles. The second-order valence-electron chi connectivity index (χ2n) is 5.53. The van der Waals surface area contributed by atoms with Crippen LogP contribution in [0.5, 0.6) is 0 Å². The van der Waals surface area contributed by atoms with E-state index >= 15 is 0 Å². The highest BCUT2D eigenvalue weighted by atomic mass is 16.5. The average Bonchev–Trinajstić information content (AvgIpc) is 2.30. The molecule has 100 valence electrons. The largest absolute Gasteiger partial charge is 0.387 e. The van der Waals surface area contributed by atoms with Crippen molar-refractivity contribution in [3.05, 3.63) is 0 Å². The lowest BCUT2D eigenvalue weighted by atomic mass is 9.86. The van der Waals surface area contributed by atoms with Crippen LogP contribution in [0.1, 0.15) is 39.0 Å². The van der Waals surface area contributed by atoms with Crippen molar-refractivity contribution in [3.63, 3.8) is 0 Å². The first kappa shape index (κ1) is 13.3. The standard InChI is InChI=1S/C13H25NO3/c1-11-7-14-8-12(17-11)9-16-10-13(15)5-3-2-4-6-13/h11-12,14-15H,2-10H2,1H3. The molecule has 2 fully saturated rings. The third-order valence-electron chi connectivity index (χ3n) is 3.69. The van der Waals surface area contributed by atoms with Crippen LogP contribution in [0.4, 0.5) is 0 Å².